The van der Waals surface area contributed by atoms with Crippen molar-refractivity contribution in [1.82, 2.24) is 14.9 Å². The van der Waals surface area contributed by atoms with Gasteiger partial charge in [0.05, 0.1) is 18.9 Å². The third-order valence-corrected chi connectivity index (χ3v) is 5.34. The molecule has 2 atom stereocenters. The van der Waals surface area contributed by atoms with Gasteiger partial charge in [0.1, 0.15) is 5.65 Å². The van der Waals surface area contributed by atoms with Crippen LogP contribution >= 0.6 is 0 Å². The van der Waals surface area contributed by atoms with Crippen molar-refractivity contribution in [2.75, 3.05) is 20.2 Å². The zero-order valence-corrected chi connectivity index (χ0v) is 13.7. The summed E-state index contributed by atoms with van der Waals surface area (Å²) in [5.74, 6) is -0.0761. The average molecular weight is 327 g/mol. The quantitative estimate of drug-likeness (QED) is 0.876. The minimum Gasteiger partial charge on any atom is -0.469 e. The van der Waals surface area contributed by atoms with E-state index in [1.54, 1.807) is 6.20 Å². The molecule has 6 heteroatoms. The van der Waals surface area contributed by atoms with Gasteiger partial charge in [-0.25, -0.2) is 4.98 Å². The summed E-state index contributed by atoms with van der Waals surface area (Å²) in [5, 5.41) is 1.18. The topological polar surface area (TPSA) is 75.3 Å². The van der Waals surface area contributed by atoms with E-state index in [0.717, 1.165) is 31.6 Å². The molecule has 1 saturated heterocycles. The van der Waals surface area contributed by atoms with Crippen molar-refractivity contribution in [2.45, 2.75) is 25.2 Å². The summed E-state index contributed by atoms with van der Waals surface area (Å²) >= 11 is 0. The Hall–Kier alpha value is -2.37. The third-order valence-electron chi connectivity index (χ3n) is 5.34. The molecule has 1 N–H and O–H groups in total. The van der Waals surface area contributed by atoms with Crippen molar-refractivity contribution in [3.8, 4) is 0 Å². The number of carbonyl (C=O) groups excluding carboxylic acids is 2. The molecule has 2 aromatic rings. The van der Waals surface area contributed by atoms with E-state index in [2.05, 4.69) is 16.0 Å². The molecule has 1 amide bonds. The van der Waals surface area contributed by atoms with Crippen LogP contribution in [-0.4, -0.2) is 46.9 Å². The zero-order chi connectivity index (χ0) is 16.7. The van der Waals surface area contributed by atoms with Gasteiger partial charge in [0.15, 0.2) is 0 Å². The molecule has 2 aliphatic rings. The van der Waals surface area contributed by atoms with Crippen LogP contribution in [0.4, 0.5) is 0 Å². The number of hydrogen-bond acceptors (Lipinski definition) is 4. The molecule has 2 aromatic heterocycles. The monoisotopic (exact) mass is 327 g/mol. The third kappa shape index (κ3) is 2.56. The summed E-state index contributed by atoms with van der Waals surface area (Å²) in [6, 6.07) is 4.05. The van der Waals surface area contributed by atoms with Crippen molar-refractivity contribution in [3.63, 3.8) is 0 Å². The number of ether oxygens (including phenoxy) is 1. The van der Waals surface area contributed by atoms with Crippen molar-refractivity contribution >= 4 is 22.9 Å². The first-order chi connectivity index (χ1) is 11.7. The second kappa shape index (κ2) is 5.92. The Kier molecular flexibility index (Phi) is 3.75. The van der Waals surface area contributed by atoms with Crippen LogP contribution in [0, 0.1) is 11.8 Å². The van der Waals surface area contributed by atoms with Crippen LogP contribution < -0.4 is 0 Å². The van der Waals surface area contributed by atoms with Crippen LogP contribution in [0.25, 0.3) is 11.0 Å². The number of H-pyrrole nitrogens is 1. The predicted molar refractivity (Wildman–Crippen MR) is 88.3 cm³/mol. The predicted octanol–water partition coefficient (Wildman–Crippen LogP) is 2.08. The summed E-state index contributed by atoms with van der Waals surface area (Å²) < 4.78 is 4.73. The van der Waals surface area contributed by atoms with E-state index < -0.39 is 0 Å². The second-order valence-electron chi connectivity index (χ2n) is 6.71. The number of nitrogens with one attached hydrogen (secondary N) is 1. The minimum atomic E-state index is -0.255. The Labute approximate surface area is 140 Å². The molecule has 0 radical (unpaired) electrons. The highest BCUT2D eigenvalue weighted by molar-refractivity contribution is 5.90. The normalized spacial score (nSPS) is 24.1. The Morgan fingerprint density at radius 2 is 2.08 bits per heavy atom. The van der Waals surface area contributed by atoms with Gasteiger partial charge in [-0.3, -0.25) is 9.59 Å². The smallest absolute Gasteiger partial charge is 0.309 e. The Balaban J connectivity index is 1.39. The Morgan fingerprint density at radius 3 is 2.83 bits per heavy atom. The first-order valence-electron chi connectivity index (χ1n) is 8.47. The Bertz CT molecular complexity index is 777. The number of aromatic nitrogens is 2. The summed E-state index contributed by atoms with van der Waals surface area (Å²) in [4.78, 5) is 33.5. The molecule has 0 unspecified atom stereocenters. The van der Waals surface area contributed by atoms with E-state index in [1.165, 1.54) is 18.1 Å². The van der Waals surface area contributed by atoms with Crippen molar-refractivity contribution in [1.29, 1.82) is 0 Å². The molecular weight excluding hydrogens is 306 g/mol. The van der Waals surface area contributed by atoms with Crippen LogP contribution in [0.5, 0.6) is 0 Å². The van der Waals surface area contributed by atoms with Gasteiger partial charge in [-0.15, -0.1) is 0 Å². The van der Waals surface area contributed by atoms with Crippen LogP contribution in [0.2, 0.25) is 0 Å². The molecule has 0 spiro atoms. The fourth-order valence-electron chi connectivity index (χ4n) is 3.84. The standard InChI is InChI=1S/C18H21N3O3/c1-24-18(23)14-9-13(14)17(22)21-7-4-11(5-8-21)15-10-20-16-12(15)3-2-6-19-16/h2-3,6,10-11,13-14H,4-5,7-9H2,1H3,(H,19,20)/t13-,14+/m1/s1. The van der Waals surface area contributed by atoms with Gasteiger partial charge < -0.3 is 14.6 Å². The highest BCUT2D eigenvalue weighted by Gasteiger charge is 2.50. The molecule has 1 aliphatic carbocycles. The van der Waals surface area contributed by atoms with E-state index in [0.29, 0.717) is 12.3 Å². The van der Waals surface area contributed by atoms with E-state index in [9.17, 15) is 9.59 Å². The maximum absolute atomic E-state index is 12.5. The van der Waals surface area contributed by atoms with Gasteiger partial charge in [-0.05, 0) is 42.9 Å². The molecule has 0 aromatic carbocycles. The molecular formula is C18H21N3O3. The highest BCUT2D eigenvalue weighted by atomic mass is 16.5. The van der Waals surface area contributed by atoms with Gasteiger partial charge in [-0.2, -0.15) is 0 Å². The van der Waals surface area contributed by atoms with Crippen LogP contribution in [0.3, 0.4) is 0 Å². The lowest BCUT2D eigenvalue weighted by Gasteiger charge is -2.32. The van der Waals surface area contributed by atoms with Gasteiger partial charge >= 0.3 is 5.97 Å². The number of pyridine rings is 1. The first kappa shape index (κ1) is 15.2. The fourth-order valence-corrected chi connectivity index (χ4v) is 3.84. The fraction of sp³-hybridized carbons (Fsp3) is 0.500. The number of piperidine rings is 1. The number of aromatic amines is 1. The molecule has 3 heterocycles. The molecule has 4 rings (SSSR count). The molecule has 6 nitrogen and oxygen atoms in total. The number of amides is 1. The number of esters is 1. The largest absolute Gasteiger partial charge is 0.469 e. The van der Waals surface area contributed by atoms with Crippen molar-refractivity contribution < 1.29 is 14.3 Å². The number of likely N-dealkylation sites (tertiary alicyclic amines) is 1. The second-order valence-corrected chi connectivity index (χ2v) is 6.71. The number of fused-ring (bicyclic) bond motifs is 1. The summed E-state index contributed by atoms with van der Waals surface area (Å²) in [6.45, 7) is 1.50. The number of nitrogens with zero attached hydrogens (tertiary/aromatic N) is 2. The lowest BCUT2D eigenvalue weighted by atomic mass is 9.89. The van der Waals surface area contributed by atoms with Gasteiger partial charge in [0, 0.05) is 30.9 Å². The molecule has 126 valence electrons. The minimum absolute atomic E-state index is 0.115. The van der Waals surface area contributed by atoms with Crippen molar-refractivity contribution in [3.05, 3.63) is 30.1 Å². The van der Waals surface area contributed by atoms with E-state index >= 15 is 0 Å². The summed E-state index contributed by atoms with van der Waals surface area (Å²) in [6.07, 6.45) is 6.37. The van der Waals surface area contributed by atoms with Crippen LogP contribution in [-0.2, 0) is 14.3 Å². The number of carbonyl (C=O) groups is 2. The zero-order valence-electron chi connectivity index (χ0n) is 13.7. The van der Waals surface area contributed by atoms with Gasteiger partial charge in [-0.1, -0.05) is 0 Å². The maximum atomic E-state index is 12.5. The van der Waals surface area contributed by atoms with E-state index in [4.69, 9.17) is 4.74 Å². The lowest BCUT2D eigenvalue weighted by molar-refractivity contribution is -0.145. The highest BCUT2D eigenvalue weighted by Crippen LogP contribution is 2.42. The average Bonchev–Trinajstić information content (AvgIpc) is 3.32. The van der Waals surface area contributed by atoms with E-state index in [-0.39, 0.29) is 23.7 Å². The molecule has 1 saturated carbocycles. The van der Waals surface area contributed by atoms with E-state index in [1.807, 2.05) is 17.2 Å². The Morgan fingerprint density at radius 1 is 1.29 bits per heavy atom. The first-order valence-corrected chi connectivity index (χ1v) is 8.47. The number of hydrogen-bond donors (Lipinski definition) is 1. The molecule has 1 aliphatic heterocycles. The summed E-state index contributed by atoms with van der Waals surface area (Å²) in [7, 11) is 1.38. The number of rotatable bonds is 3. The maximum Gasteiger partial charge on any atom is 0.309 e. The van der Waals surface area contributed by atoms with Crippen LogP contribution in [0.15, 0.2) is 24.5 Å². The van der Waals surface area contributed by atoms with Crippen LogP contribution in [0.1, 0.15) is 30.7 Å². The summed E-state index contributed by atoms with van der Waals surface area (Å²) in [5.41, 5.74) is 2.22. The number of methoxy groups -OCH3 is 1. The molecule has 2 fully saturated rings. The van der Waals surface area contributed by atoms with Gasteiger partial charge in [0.2, 0.25) is 5.91 Å². The van der Waals surface area contributed by atoms with Crippen molar-refractivity contribution in [2.24, 2.45) is 11.8 Å². The van der Waals surface area contributed by atoms with Gasteiger partial charge in [0.25, 0.3) is 0 Å². The molecule has 24 heavy (non-hydrogen) atoms. The molecule has 0 bridgehead atoms. The lowest BCUT2D eigenvalue weighted by Crippen LogP contribution is -2.39. The SMILES string of the molecule is COC(=O)[C@H]1C[C@H]1C(=O)N1CCC(c2c[nH]c3ncccc23)CC1.